The Balaban J connectivity index is 1.70. The van der Waals surface area contributed by atoms with Gasteiger partial charge in [-0.15, -0.1) is 0 Å². The van der Waals surface area contributed by atoms with Crippen LogP contribution in [0, 0.1) is 0 Å². The second-order valence-electron chi connectivity index (χ2n) is 5.48. The summed E-state index contributed by atoms with van der Waals surface area (Å²) in [6, 6.07) is 4.63. The van der Waals surface area contributed by atoms with Gasteiger partial charge in [-0.25, -0.2) is 0 Å². The van der Waals surface area contributed by atoms with Crippen LogP contribution >= 0.6 is 0 Å². The molecule has 3 heteroatoms. The molecule has 0 radical (unpaired) electrons. The fraction of sp³-hybridized carbons (Fsp3) is 0.750. The van der Waals surface area contributed by atoms with Crippen molar-refractivity contribution in [1.29, 1.82) is 0 Å². The van der Waals surface area contributed by atoms with Crippen LogP contribution in [0.2, 0.25) is 0 Å². The molecule has 0 saturated carbocycles. The van der Waals surface area contributed by atoms with Crippen molar-refractivity contribution in [3.63, 3.8) is 0 Å². The topological polar surface area (TPSA) is 34.4 Å². The zero-order valence-electron chi connectivity index (χ0n) is 12.1. The zero-order chi connectivity index (χ0) is 13.3. The summed E-state index contributed by atoms with van der Waals surface area (Å²) in [5, 5.41) is 3.66. The molecule has 1 aromatic rings. The quantitative estimate of drug-likeness (QED) is 0.741. The standard InChI is InChI=1S/C16H27NO2/c1-2-11-17-14(7-9-15-5-3-12-18-15)8-10-16-6-4-13-19-16/h3,5,12,14,16-17H,2,4,6-11,13H2,1H3. The predicted molar refractivity (Wildman–Crippen MR) is 77.3 cm³/mol. The van der Waals surface area contributed by atoms with E-state index in [0.29, 0.717) is 12.1 Å². The minimum Gasteiger partial charge on any atom is -0.469 e. The lowest BCUT2D eigenvalue weighted by Crippen LogP contribution is -2.31. The third-order valence-electron chi connectivity index (χ3n) is 3.86. The molecular formula is C16H27NO2. The summed E-state index contributed by atoms with van der Waals surface area (Å²) < 4.78 is 11.1. The van der Waals surface area contributed by atoms with Crippen molar-refractivity contribution in [2.45, 2.75) is 64.0 Å². The van der Waals surface area contributed by atoms with E-state index >= 15 is 0 Å². The maximum Gasteiger partial charge on any atom is 0.103 e. The van der Waals surface area contributed by atoms with Gasteiger partial charge in [0.15, 0.2) is 0 Å². The highest BCUT2D eigenvalue weighted by atomic mass is 16.5. The monoisotopic (exact) mass is 265 g/mol. The smallest absolute Gasteiger partial charge is 0.103 e. The van der Waals surface area contributed by atoms with Crippen LogP contribution in [-0.4, -0.2) is 25.3 Å². The van der Waals surface area contributed by atoms with Crippen molar-refractivity contribution in [2.75, 3.05) is 13.2 Å². The van der Waals surface area contributed by atoms with Crippen LogP contribution in [0.5, 0.6) is 0 Å². The molecule has 1 aliphatic rings. The van der Waals surface area contributed by atoms with E-state index in [1.807, 2.05) is 6.07 Å². The van der Waals surface area contributed by atoms with Gasteiger partial charge < -0.3 is 14.5 Å². The molecule has 2 rings (SSSR count). The number of aryl methyl sites for hydroxylation is 1. The molecule has 0 spiro atoms. The highest BCUT2D eigenvalue weighted by Gasteiger charge is 2.17. The number of hydrogen-bond acceptors (Lipinski definition) is 3. The number of hydrogen-bond donors (Lipinski definition) is 1. The molecule has 2 atom stereocenters. The normalized spacial score (nSPS) is 20.8. The molecule has 108 valence electrons. The Hall–Kier alpha value is -0.800. The van der Waals surface area contributed by atoms with E-state index in [1.54, 1.807) is 6.26 Å². The summed E-state index contributed by atoms with van der Waals surface area (Å²) >= 11 is 0. The summed E-state index contributed by atoms with van der Waals surface area (Å²) in [5.41, 5.74) is 0. The third kappa shape index (κ3) is 5.37. The molecule has 1 fully saturated rings. The van der Waals surface area contributed by atoms with Gasteiger partial charge >= 0.3 is 0 Å². The van der Waals surface area contributed by atoms with Crippen LogP contribution in [0.3, 0.4) is 0 Å². The van der Waals surface area contributed by atoms with E-state index in [9.17, 15) is 0 Å². The minimum absolute atomic E-state index is 0.509. The maximum atomic E-state index is 5.71. The van der Waals surface area contributed by atoms with Crippen LogP contribution in [0.1, 0.15) is 51.2 Å². The van der Waals surface area contributed by atoms with Gasteiger partial charge in [0.2, 0.25) is 0 Å². The SMILES string of the molecule is CCCNC(CCc1ccco1)CCC1CCCO1. The first-order chi connectivity index (χ1) is 9.38. The van der Waals surface area contributed by atoms with E-state index in [1.165, 1.54) is 32.1 Å². The number of furan rings is 1. The lowest BCUT2D eigenvalue weighted by Gasteiger charge is -2.19. The molecular weight excluding hydrogens is 238 g/mol. The van der Waals surface area contributed by atoms with Crippen molar-refractivity contribution in [3.8, 4) is 0 Å². The van der Waals surface area contributed by atoms with Crippen molar-refractivity contribution in [2.24, 2.45) is 0 Å². The molecule has 0 bridgehead atoms. The second-order valence-corrected chi connectivity index (χ2v) is 5.48. The van der Waals surface area contributed by atoms with E-state index < -0.39 is 0 Å². The summed E-state index contributed by atoms with van der Waals surface area (Å²) in [6.45, 7) is 4.29. The Labute approximate surface area is 116 Å². The average Bonchev–Trinajstić information content (AvgIpc) is 3.11. The Morgan fingerprint density at radius 1 is 1.42 bits per heavy atom. The van der Waals surface area contributed by atoms with Gasteiger partial charge in [0.05, 0.1) is 12.4 Å². The molecule has 2 unspecified atom stereocenters. The van der Waals surface area contributed by atoms with Crippen LogP contribution in [0.15, 0.2) is 22.8 Å². The predicted octanol–water partition coefficient (Wildman–Crippen LogP) is 3.54. The van der Waals surface area contributed by atoms with Gasteiger partial charge in [0.25, 0.3) is 0 Å². The van der Waals surface area contributed by atoms with Gasteiger partial charge in [0.1, 0.15) is 5.76 Å². The minimum atomic E-state index is 0.509. The summed E-state index contributed by atoms with van der Waals surface area (Å²) in [7, 11) is 0. The van der Waals surface area contributed by atoms with Crippen molar-refractivity contribution < 1.29 is 9.15 Å². The fourth-order valence-corrected chi connectivity index (χ4v) is 2.73. The molecule has 0 aromatic carbocycles. The number of rotatable bonds is 9. The Kier molecular flexibility index (Phi) is 6.45. The van der Waals surface area contributed by atoms with Gasteiger partial charge in [0, 0.05) is 19.1 Å². The van der Waals surface area contributed by atoms with Gasteiger partial charge in [-0.05, 0) is 57.2 Å². The van der Waals surface area contributed by atoms with E-state index in [-0.39, 0.29) is 0 Å². The highest BCUT2D eigenvalue weighted by molar-refractivity contribution is 4.98. The largest absolute Gasteiger partial charge is 0.469 e. The molecule has 3 nitrogen and oxygen atoms in total. The molecule has 19 heavy (non-hydrogen) atoms. The van der Waals surface area contributed by atoms with Crippen molar-refractivity contribution >= 4 is 0 Å². The molecule has 2 heterocycles. The fourth-order valence-electron chi connectivity index (χ4n) is 2.73. The lowest BCUT2D eigenvalue weighted by molar-refractivity contribution is 0.0992. The molecule has 1 N–H and O–H groups in total. The third-order valence-corrected chi connectivity index (χ3v) is 3.86. The molecule has 0 aliphatic carbocycles. The first kappa shape index (κ1) is 14.6. The van der Waals surface area contributed by atoms with Gasteiger partial charge in [-0.1, -0.05) is 6.92 Å². The summed E-state index contributed by atoms with van der Waals surface area (Å²) in [5.74, 6) is 1.10. The van der Waals surface area contributed by atoms with Crippen LogP contribution < -0.4 is 5.32 Å². The lowest BCUT2D eigenvalue weighted by atomic mass is 10.0. The first-order valence-corrected chi connectivity index (χ1v) is 7.76. The average molecular weight is 265 g/mol. The van der Waals surface area contributed by atoms with Crippen LogP contribution in [0.25, 0.3) is 0 Å². The molecule has 1 aromatic heterocycles. The first-order valence-electron chi connectivity index (χ1n) is 7.76. The Bertz CT molecular complexity index is 317. The Morgan fingerprint density at radius 3 is 3.05 bits per heavy atom. The van der Waals surface area contributed by atoms with Crippen LogP contribution in [-0.2, 0) is 11.2 Å². The summed E-state index contributed by atoms with van der Waals surface area (Å²) in [6.07, 6.45) is 10.5. The van der Waals surface area contributed by atoms with E-state index in [0.717, 1.165) is 31.8 Å². The zero-order valence-corrected chi connectivity index (χ0v) is 12.1. The van der Waals surface area contributed by atoms with Crippen LogP contribution in [0.4, 0.5) is 0 Å². The highest BCUT2D eigenvalue weighted by Crippen LogP contribution is 2.19. The summed E-state index contributed by atoms with van der Waals surface area (Å²) in [4.78, 5) is 0. The van der Waals surface area contributed by atoms with Crippen molar-refractivity contribution in [3.05, 3.63) is 24.2 Å². The second kappa shape index (κ2) is 8.39. The molecule has 1 saturated heterocycles. The molecule has 1 aliphatic heterocycles. The number of nitrogens with one attached hydrogen (secondary N) is 1. The number of ether oxygens (including phenoxy) is 1. The Morgan fingerprint density at radius 2 is 2.37 bits per heavy atom. The van der Waals surface area contributed by atoms with Gasteiger partial charge in [-0.3, -0.25) is 0 Å². The molecule has 0 amide bonds. The van der Waals surface area contributed by atoms with Gasteiger partial charge in [-0.2, -0.15) is 0 Å². The van der Waals surface area contributed by atoms with E-state index in [4.69, 9.17) is 9.15 Å². The maximum absolute atomic E-state index is 5.71. The van der Waals surface area contributed by atoms with E-state index in [2.05, 4.69) is 18.3 Å². The van der Waals surface area contributed by atoms with Crippen molar-refractivity contribution in [1.82, 2.24) is 5.32 Å².